The maximum atomic E-state index is 12.0. The summed E-state index contributed by atoms with van der Waals surface area (Å²) in [4.78, 5) is 24.0. The summed E-state index contributed by atoms with van der Waals surface area (Å²) < 4.78 is 9.82. The van der Waals surface area contributed by atoms with E-state index in [1.54, 1.807) is 24.3 Å². The molecule has 0 radical (unpaired) electrons. The number of esters is 2. The molecule has 0 aliphatic rings. The van der Waals surface area contributed by atoms with Crippen molar-refractivity contribution in [2.24, 2.45) is 0 Å². The molecule has 0 aliphatic heterocycles. The van der Waals surface area contributed by atoms with Gasteiger partial charge in [-0.1, -0.05) is 24.3 Å². The van der Waals surface area contributed by atoms with E-state index < -0.39 is 11.9 Å². The molecule has 0 amide bonds. The first kappa shape index (κ1) is 15.9. The van der Waals surface area contributed by atoms with Crippen LogP contribution in [0.25, 0.3) is 10.8 Å². The van der Waals surface area contributed by atoms with Crippen LogP contribution < -0.4 is 0 Å². The Morgan fingerprint density at radius 3 is 1.55 bits per heavy atom. The summed E-state index contributed by atoms with van der Waals surface area (Å²) in [5.41, 5.74) is 0.616. The van der Waals surface area contributed by atoms with Crippen molar-refractivity contribution in [2.45, 2.75) is 0 Å². The van der Waals surface area contributed by atoms with Gasteiger partial charge in [-0.15, -0.1) is 0 Å². The predicted molar refractivity (Wildman–Crippen MR) is 78.7 cm³/mol. The van der Waals surface area contributed by atoms with Crippen molar-refractivity contribution in [1.82, 2.24) is 0 Å². The monoisotopic (exact) mass is 304 g/mol. The SMILES string of the molecule is O=C(OCCO)c1ccc(C(=O)OCCO)c2ccccc12. The van der Waals surface area contributed by atoms with Gasteiger partial charge in [0.2, 0.25) is 0 Å². The Labute approximate surface area is 126 Å². The lowest BCUT2D eigenvalue weighted by molar-refractivity contribution is 0.0425. The van der Waals surface area contributed by atoms with Crippen LogP contribution in [-0.2, 0) is 9.47 Å². The fourth-order valence-corrected chi connectivity index (χ4v) is 2.09. The van der Waals surface area contributed by atoms with Gasteiger partial charge in [0.15, 0.2) is 0 Å². The van der Waals surface area contributed by atoms with E-state index in [2.05, 4.69) is 0 Å². The Balaban J connectivity index is 2.42. The van der Waals surface area contributed by atoms with E-state index in [9.17, 15) is 9.59 Å². The first-order valence-corrected chi connectivity index (χ1v) is 6.76. The van der Waals surface area contributed by atoms with Crippen molar-refractivity contribution in [3.05, 3.63) is 47.5 Å². The molecule has 2 aromatic carbocycles. The summed E-state index contributed by atoms with van der Waals surface area (Å²) in [5, 5.41) is 18.5. The summed E-state index contributed by atoms with van der Waals surface area (Å²) in [6.07, 6.45) is 0. The zero-order valence-electron chi connectivity index (χ0n) is 11.8. The maximum absolute atomic E-state index is 12.0. The van der Waals surface area contributed by atoms with Gasteiger partial charge in [-0.05, 0) is 22.9 Å². The van der Waals surface area contributed by atoms with Crippen LogP contribution in [0.2, 0.25) is 0 Å². The molecule has 2 N–H and O–H groups in total. The highest BCUT2D eigenvalue weighted by molar-refractivity contribution is 6.11. The second-order valence-electron chi connectivity index (χ2n) is 4.43. The number of aliphatic hydroxyl groups excluding tert-OH is 2. The molecule has 0 spiro atoms. The Kier molecular flexibility index (Phi) is 5.46. The van der Waals surface area contributed by atoms with Crippen LogP contribution in [0.1, 0.15) is 20.7 Å². The van der Waals surface area contributed by atoms with Crippen molar-refractivity contribution in [3.8, 4) is 0 Å². The van der Waals surface area contributed by atoms with Crippen LogP contribution in [0.3, 0.4) is 0 Å². The lowest BCUT2D eigenvalue weighted by Gasteiger charge is -2.10. The maximum Gasteiger partial charge on any atom is 0.338 e. The van der Waals surface area contributed by atoms with Crippen LogP contribution in [0, 0.1) is 0 Å². The zero-order valence-corrected chi connectivity index (χ0v) is 11.8. The van der Waals surface area contributed by atoms with E-state index in [1.165, 1.54) is 12.1 Å². The van der Waals surface area contributed by atoms with Crippen LogP contribution in [0.15, 0.2) is 36.4 Å². The molecule has 0 atom stereocenters. The first-order valence-electron chi connectivity index (χ1n) is 6.76. The Bertz CT molecular complexity index is 621. The van der Waals surface area contributed by atoms with Crippen molar-refractivity contribution in [2.75, 3.05) is 26.4 Å². The molecule has 116 valence electrons. The molecule has 6 nitrogen and oxygen atoms in total. The molecule has 0 heterocycles. The number of carbonyl (C=O) groups excluding carboxylic acids is 2. The summed E-state index contributed by atoms with van der Waals surface area (Å²) in [6, 6.07) is 9.86. The van der Waals surface area contributed by atoms with E-state index >= 15 is 0 Å². The molecule has 0 unspecified atom stereocenters. The van der Waals surface area contributed by atoms with Gasteiger partial charge in [0, 0.05) is 0 Å². The average Bonchev–Trinajstić information content (AvgIpc) is 2.56. The van der Waals surface area contributed by atoms with Gasteiger partial charge >= 0.3 is 11.9 Å². The number of ether oxygens (including phenoxy) is 2. The third-order valence-electron chi connectivity index (χ3n) is 3.01. The highest BCUT2D eigenvalue weighted by atomic mass is 16.5. The molecule has 0 fully saturated rings. The number of aliphatic hydroxyl groups is 2. The van der Waals surface area contributed by atoms with Crippen LogP contribution >= 0.6 is 0 Å². The van der Waals surface area contributed by atoms with Crippen molar-refractivity contribution >= 4 is 22.7 Å². The summed E-state index contributed by atoms with van der Waals surface area (Å²) >= 11 is 0. The molecule has 0 bridgehead atoms. The van der Waals surface area contributed by atoms with Gasteiger partial charge in [0.1, 0.15) is 13.2 Å². The average molecular weight is 304 g/mol. The van der Waals surface area contributed by atoms with E-state index in [4.69, 9.17) is 19.7 Å². The van der Waals surface area contributed by atoms with E-state index in [0.29, 0.717) is 21.9 Å². The Morgan fingerprint density at radius 1 is 0.773 bits per heavy atom. The van der Waals surface area contributed by atoms with Crippen molar-refractivity contribution < 1.29 is 29.3 Å². The highest BCUT2D eigenvalue weighted by Crippen LogP contribution is 2.24. The normalized spacial score (nSPS) is 10.5. The van der Waals surface area contributed by atoms with Gasteiger partial charge in [0.25, 0.3) is 0 Å². The Morgan fingerprint density at radius 2 is 1.18 bits per heavy atom. The minimum Gasteiger partial charge on any atom is -0.460 e. The molecule has 22 heavy (non-hydrogen) atoms. The highest BCUT2D eigenvalue weighted by Gasteiger charge is 2.17. The molecule has 2 rings (SSSR count). The quantitative estimate of drug-likeness (QED) is 0.777. The van der Waals surface area contributed by atoms with Gasteiger partial charge in [0.05, 0.1) is 24.3 Å². The molecular weight excluding hydrogens is 288 g/mol. The zero-order chi connectivity index (χ0) is 15.9. The number of hydrogen-bond acceptors (Lipinski definition) is 6. The minimum absolute atomic E-state index is 0.0898. The number of fused-ring (bicyclic) bond motifs is 1. The van der Waals surface area contributed by atoms with Crippen molar-refractivity contribution in [1.29, 1.82) is 0 Å². The van der Waals surface area contributed by atoms with Crippen LogP contribution in [-0.4, -0.2) is 48.6 Å². The van der Waals surface area contributed by atoms with Gasteiger partial charge < -0.3 is 19.7 Å². The third-order valence-corrected chi connectivity index (χ3v) is 3.01. The molecule has 0 saturated carbocycles. The Hall–Kier alpha value is -2.44. The van der Waals surface area contributed by atoms with E-state index in [-0.39, 0.29) is 26.4 Å². The number of carbonyl (C=O) groups is 2. The number of rotatable bonds is 6. The first-order chi connectivity index (χ1) is 10.7. The molecular formula is C16H16O6. The summed E-state index contributed by atoms with van der Waals surface area (Å²) in [5.74, 6) is -1.14. The van der Waals surface area contributed by atoms with Crippen LogP contribution in [0.5, 0.6) is 0 Å². The molecule has 6 heteroatoms. The molecule has 2 aromatic rings. The minimum atomic E-state index is -0.569. The summed E-state index contributed by atoms with van der Waals surface area (Å²) in [6.45, 7) is -0.689. The van der Waals surface area contributed by atoms with E-state index in [0.717, 1.165) is 0 Å². The van der Waals surface area contributed by atoms with Gasteiger partial charge in [-0.25, -0.2) is 9.59 Å². The standard InChI is InChI=1S/C16H16O6/c17-7-9-21-15(19)13-5-6-14(16(20)22-10-8-18)12-4-2-1-3-11(12)13/h1-6,17-18H,7-10H2. The molecule has 0 aromatic heterocycles. The van der Waals surface area contributed by atoms with E-state index in [1.807, 2.05) is 0 Å². The third kappa shape index (κ3) is 3.41. The lowest BCUT2D eigenvalue weighted by Crippen LogP contribution is -2.12. The second-order valence-corrected chi connectivity index (χ2v) is 4.43. The molecule has 0 saturated heterocycles. The lowest BCUT2D eigenvalue weighted by atomic mass is 9.99. The fourth-order valence-electron chi connectivity index (χ4n) is 2.09. The number of benzene rings is 2. The number of hydrogen-bond donors (Lipinski definition) is 2. The predicted octanol–water partition coefficient (Wildman–Crippen LogP) is 1.14. The van der Waals surface area contributed by atoms with Gasteiger partial charge in [-0.3, -0.25) is 0 Å². The summed E-state index contributed by atoms with van der Waals surface area (Å²) in [7, 11) is 0. The fraction of sp³-hybridized carbons (Fsp3) is 0.250. The van der Waals surface area contributed by atoms with Crippen LogP contribution in [0.4, 0.5) is 0 Å². The van der Waals surface area contributed by atoms with Gasteiger partial charge in [-0.2, -0.15) is 0 Å². The second kappa shape index (κ2) is 7.53. The smallest absolute Gasteiger partial charge is 0.338 e. The largest absolute Gasteiger partial charge is 0.460 e. The molecule has 0 aliphatic carbocycles. The topological polar surface area (TPSA) is 93.1 Å². The van der Waals surface area contributed by atoms with Crippen molar-refractivity contribution in [3.63, 3.8) is 0 Å².